The van der Waals surface area contributed by atoms with Crippen LogP contribution < -0.4 is 0 Å². The topological polar surface area (TPSA) is 0 Å². The van der Waals surface area contributed by atoms with E-state index in [2.05, 4.69) is 68.3 Å². The van der Waals surface area contributed by atoms with E-state index in [0.717, 1.165) is 12.8 Å². The van der Waals surface area contributed by atoms with Crippen LogP contribution in [0.1, 0.15) is 22.3 Å². The van der Waals surface area contributed by atoms with Gasteiger partial charge >= 0.3 is 0 Å². The fraction of sp³-hybridized carbons (Fsp3) is 0.143. The summed E-state index contributed by atoms with van der Waals surface area (Å²) in [6, 6.07) is 13.2. The van der Waals surface area contributed by atoms with E-state index < -0.39 is 0 Å². The van der Waals surface area contributed by atoms with E-state index in [9.17, 15) is 0 Å². The average molecular weight is 338 g/mol. The minimum absolute atomic E-state index is 1.05. The van der Waals surface area contributed by atoms with E-state index in [1.807, 2.05) is 0 Å². The van der Waals surface area contributed by atoms with Crippen LogP contribution in [0.15, 0.2) is 45.3 Å². The van der Waals surface area contributed by atoms with Crippen LogP contribution >= 0.6 is 31.9 Å². The Kier molecular flexibility index (Phi) is 2.64. The summed E-state index contributed by atoms with van der Waals surface area (Å²) in [5.74, 6) is 0. The Bertz CT molecular complexity index is 507. The molecule has 0 radical (unpaired) electrons. The van der Waals surface area contributed by atoms with Crippen LogP contribution in [0.25, 0.3) is 0 Å². The molecule has 0 atom stereocenters. The quantitative estimate of drug-likeness (QED) is 0.557. The van der Waals surface area contributed by atoms with Gasteiger partial charge in [0.25, 0.3) is 0 Å². The summed E-state index contributed by atoms with van der Waals surface area (Å²) in [4.78, 5) is 0. The molecule has 0 bridgehead atoms. The predicted molar refractivity (Wildman–Crippen MR) is 73.9 cm³/mol. The van der Waals surface area contributed by atoms with Crippen molar-refractivity contribution >= 4 is 31.9 Å². The zero-order valence-corrected chi connectivity index (χ0v) is 11.8. The predicted octanol–water partition coefficient (Wildman–Crippen LogP) is 4.71. The molecule has 0 fully saturated rings. The smallest absolute Gasteiger partial charge is 0.0178 e. The molecule has 0 nitrogen and oxygen atoms in total. The molecule has 0 unspecified atom stereocenters. The van der Waals surface area contributed by atoms with Crippen molar-refractivity contribution in [3.63, 3.8) is 0 Å². The van der Waals surface area contributed by atoms with Crippen molar-refractivity contribution in [2.75, 3.05) is 0 Å². The lowest BCUT2D eigenvalue weighted by Crippen LogP contribution is -2.07. The normalized spacial score (nSPS) is 13.1. The monoisotopic (exact) mass is 336 g/mol. The SMILES string of the molecule is Brc1ccc2c(c1)Cc1ccc(Br)cc1C2. The van der Waals surface area contributed by atoms with Crippen molar-refractivity contribution in [3.8, 4) is 0 Å². The fourth-order valence-electron chi connectivity index (χ4n) is 2.27. The summed E-state index contributed by atoms with van der Waals surface area (Å²) < 4.78 is 2.35. The lowest BCUT2D eigenvalue weighted by molar-refractivity contribution is 0.997. The van der Waals surface area contributed by atoms with Gasteiger partial charge in [-0.05, 0) is 59.4 Å². The van der Waals surface area contributed by atoms with Crippen molar-refractivity contribution < 1.29 is 0 Å². The van der Waals surface area contributed by atoms with Gasteiger partial charge in [-0.15, -0.1) is 0 Å². The molecule has 1 aliphatic rings. The van der Waals surface area contributed by atoms with E-state index >= 15 is 0 Å². The Morgan fingerprint density at radius 2 is 1.06 bits per heavy atom. The van der Waals surface area contributed by atoms with Gasteiger partial charge in [0, 0.05) is 8.95 Å². The second-order valence-electron chi connectivity index (χ2n) is 4.18. The molecule has 0 spiro atoms. The first-order valence-electron chi connectivity index (χ1n) is 5.27. The van der Waals surface area contributed by atoms with Gasteiger partial charge in [0.2, 0.25) is 0 Å². The van der Waals surface area contributed by atoms with Crippen LogP contribution in [0.3, 0.4) is 0 Å². The van der Waals surface area contributed by atoms with Gasteiger partial charge in [-0.25, -0.2) is 0 Å². The van der Waals surface area contributed by atoms with E-state index in [4.69, 9.17) is 0 Å². The van der Waals surface area contributed by atoms with Crippen molar-refractivity contribution in [3.05, 3.63) is 67.6 Å². The lowest BCUT2D eigenvalue weighted by Gasteiger charge is -2.20. The number of halogens is 2. The van der Waals surface area contributed by atoms with Gasteiger partial charge in [0.15, 0.2) is 0 Å². The Labute approximate surface area is 112 Å². The molecule has 0 amide bonds. The van der Waals surface area contributed by atoms with Crippen molar-refractivity contribution in [1.82, 2.24) is 0 Å². The largest absolute Gasteiger partial charge is 0.0573 e. The van der Waals surface area contributed by atoms with E-state index in [1.54, 1.807) is 0 Å². The maximum Gasteiger partial charge on any atom is 0.0178 e. The molecule has 0 aromatic heterocycles. The van der Waals surface area contributed by atoms with Gasteiger partial charge < -0.3 is 0 Å². The summed E-state index contributed by atoms with van der Waals surface area (Å²) in [5.41, 5.74) is 5.80. The number of hydrogen-bond acceptors (Lipinski definition) is 0. The molecular weight excluding hydrogens is 328 g/mol. The molecule has 0 saturated carbocycles. The molecule has 0 saturated heterocycles. The summed E-state index contributed by atoms with van der Waals surface area (Å²) in [6.07, 6.45) is 2.11. The molecule has 0 heterocycles. The fourth-order valence-corrected chi connectivity index (χ4v) is 3.09. The highest BCUT2D eigenvalue weighted by molar-refractivity contribution is 9.10. The zero-order valence-electron chi connectivity index (χ0n) is 8.63. The third kappa shape index (κ3) is 1.85. The van der Waals surface area contributed by atoms with Crippen molar-refractivity contribution in [1.29, 1.82) is 0 Å². The maximum atomic E-state index is 3.53. The van der Waals surface area contributed by atoms with Crippen molar-refractivity contribution in [2.45, 2.75) is 12.8 Å². The zero-order chi connectivity index (χ0) is 11.1. The van der Waals surface area contributed by atoms with Gasteiger partial charge in [0.1, 0.15) is 0 Å². The Morgan fingerprint density at radius 1 is 0.625 bits per heavy atom. The van der Waals surface area contributed by atoms with Crippen LogP contribution in [0.5, 0.6) is 0 Å². The molecule has 3 rings (SSSR count). The Morgan fingerprint density at radius 3 is 1.50 bits per heavy atom. The molecule has 2 heteroatoms. The highest BCUT2D eigenvalue weighted by atomic mass is 79.9. The highest BCUT2D eigenvalue weighted by Crippen LogP contribution is 2.30. The molecule has 80 valence electrons. The maximum absolute atomic E-state index is 3.53. The lowest BCUT2D eigenvalue weighted by atomic mass is 9.86. The molecule has 1 aliphatic carbocycles. The summed E-state index contributed by atoms with van der Waals surface area (Å²) >= 11 is 7.07. The third-order valence-corrected chi connectivity index (χ3v) is 4.08. The summed E-state index contributed by atoms with van der Waals surface area (Å²) in [6.45, 7) is 0. The van der Waals surface area contributed by atoms with Gasteiger partial charge in [-0.1, -0.05) is 44.0 Å². The van der Waals surface area contributed by atoms with Crippen LogP contribution in [0, 0.1) is 0 Å². The first-order chi connectivity index (χ1) is 7.72. The van der Waals surface area contributed by atoms with Gasteiger partial charge in [0.05, 0.1) is 0 Å². The van der Waals surface area contributed by atoms with E-state index in [1.165, 1.54) is 31.2 Å². The number of benzene rings is 2. The molecular formula is C14H10Br2. The standard InChI is InChI=1S/C14H10Br2/c15-13-3-1-9-5-12-8-14(16)4-2-10(12)6-11(9)7-13/h1-4,7-8H,5-6H2. The van der Waals surface area contributed by atoms with Crippen LogP contribution in [-0.2, 0) is 12.8 Å². The second-order valence-corrected chi connectivity index (χ2v) is 6.01. The number of hydrogen-bond donors (Lipinski definition) is 0. The van der Waals surface area contributed by atoms with Gasteiger partial charge in [-0.2, -0.15) is 0 Å². The molecule has 2 aromatic carbocycles. The van der Waals surface area contributed by atoms with Crippen molar-refractivity contribution in [2.24, 2.45) is 0 Å². The minimum Gasteiger partial charge on any atom is -0.0573 e. The summed E-state index contributed by atoms with van der Waals surface area (Å²) in [7, 11) is 0. The van der Waals surface area contributed by atoms with Crippen LogP contribution in [-0.4, -0.2) is 0 Å². The number of fused-ring (bicyclic) bond motifs is 2. The van der Waals surface area contributed by atoms with Crippen LogP contribution in [0.2, 0.25) is 0 Å². The van der Waals surface area contributed by atoms with E-state index in [-0.39, 0.29) is 0 Å². The first-order valence-corrected chi connectivity index (χ1v) is 6.85. The van der Waals surface area contributed by atoms with Crippen LogP contribution in [0.4, 0.5) is 0 Å². The third-order valence-electron chi connectivity index (χ3n) is 3.10. The first kappa shape index (κ1) is 10.5. The minimum atomic E-state index is 1.05. The Balaban J connectivity index is 2.09. The number of rotatable bonds is 0. The van der Waals surface area contributed by atoms with Gasteiger partial charge in [-0.3, -0.25) is 0 Å². The highest BCUT2D eigenvalue weighted by Gasteiger charge is 2.15. The molecule has 2 aromatic rings. The molecule has 0 N–H and O–H groups in total. The average Bonchev–Trinajstić information content (AvgIpc) is 2.26. The molecule has 16 heavy (non-hydrogen) atoms. The Hall–Kier alpha value is -0.600. The second kappa shape index (κ2) is 4.01. The summed E-state index contributed by atoms with van der Waals surface area (Å²) in [5, 5.41) is 0. The molecule has 0 aliphatic heterocycles. The van der Waals surface area contributed by atoms with E-state index in [0.29, 0.717) is 0 Å².